The molecular formula is C16H32N2O2. The van der Waals surface area contributed by atoms with Crippen LogP contribution in [0, 0.1) is 5.92 Å². The fraction of sp³-hybridized carbons (Fsp3) is 1.00. The number of hydrogen-bond donors (Lipinski definition) is 1. The first kappa shape index (κ1) is 16.2. The summed E-state index contributed by atoms with van der Waals surface area (Å²) in [5.74, 6) is 0.848. The summed E-state index contributed by atoms with van der Waals surface area (Å²) in [7, 11) is 1.78. The van der Waals surface area contributed by atoms with Crippen LogP contribution in [0.15, 0.2) is 0 Å². The lowest BCUT2D eigenvalue weighted by Gasteiger charge is -2.53. The van der Waals surface area contributed by atoms with Gasteiger partial charge in [-0.05, 0) is 52.4 Å². The van der Waals surface area contributed by atoms with Gasteiger partial charge in [0.1, 0.15) is 0 Å². The molecule has 0 bridgehead atoms. The molecule has 1 aliphatic carbocycles. The Hall–Kier alpha value is -0.160. The highest BCUT2D eigenvalue weighted by molar-refractivity contribution is 5.03. The normalized spacial score (nSPS) is 31.5. The zero-order valence-corrected chi connectivity index (χ0v) is 13.7. The van der Waals surface area contributed by atoms with Gasteiger partial charge >= 0.3 is 0 Å². The molecular weight excluding hydrogens is 252 g/mol. The van der Waals surface area contributed by atoms with Crippen molar-refractivity contribution in [1.82, 2.24) is 4.90 Å². The summed E-state index contributed by atoms with van der Waals surface area (Å²) in [4.78, 5) is 2.64. The van der Waals surface area contributed by atoms with Crippen molar-refractivity contribution in [2.45, 2.75) is 63.6 Å². The zero-order valence-electron chi connectivity index (χ0n) is 13.7. The van der Waals surface area contributed by atoms with Gasteiger partial charge in [-0.25, -0.2) is 0 Å². The number of hydrogen-bond acceptors (Lipinski definition) is 4. The first-order chi connectivity index (χ1) is 9.44. The molecule has 0 radical (unpaired) electrons. The number of ether oxygens (including phenoxy) is 2. The standard InChI is InChI=1S/C16H32N2O2/c1-13(14-5-6-14)18(8-10-19-4)16(12-17)7-9-20-15(2,3)11-16/h13-14H,5-12,17H2,1-4H3. The second kappa shape index (κ2) is 6.30. The van der Waals surface area contributed by atoms with Crippen molar-refractivity contribution in [3.63, 3.8) is 0 Å². The van der Waals surface area contributed by atoms with Crippen LogP contribution >= 0.6 is 0 Å². The highest BCUT2D eigenvalue weighted by Crippen LogP contribution is 2.42. The van der Waals surface area contributed by atoms with Gasteiger partial charge in [-0.1, -0.05) is 0 Å². The van der Waals surface area contributed by atoms with Crippen LogP contribution in [0.2, 0.25) is 0 Å². The van der Waals surface area contributed by atoms with Crippen LogP contribution in [-0.2, 0) is 9.47 Å². The summed E-state index contributed by atoms with van der Waals surface area (Å²) in [6.07, 6.45) is 4.78. The van der Waals surface area contributed by atoms with Crippen molar-refractivity contribution < 1.29 is 9.47 Å². The summed E-state index contributed by atoms with van der Waals surface area (Å²) in [6, 6.07) is 0.600. The lowest BCUT2D eigenvalue weighted by molar-refractivity contribution is -0.129. The van der Waals surface area contributed by atoms with Gasteiger partial charge in [-0.3, -0.25) is 4.90 Å². The molecule has 2 fully saturated rings. The van der Waals surface area contributed by atoms with Crippen molar-refractivity contribution in [3.05, 3.63) is 0 Å². The third-order valence-electron chi connectivity index (χ3n) is 5.14. The average molecular weight is 284 g/mol. The Morgan fingerprint density at radius 1 is 1.40 bits per heavy atom. The first-order valence-electron chi connectivity index (χ1n) is 8.04. The largest absolute Gasteiger partial charge is 0.383 e. The van der Waals surface area contributed by atoms with Crippen LogP contribution in [0.25, 0.3) is 0 Å². The maximum absolute atomic E-state index is 6.25. The van der Waals surface area contributed by atoms with E-state index >= 15 is 0 Å². The predicted molar refractivity (Wildman–Crippen MR) is 81.8 cm³/mol. The summed E-state index contributed by atoms with van der Waals surface area (Å²) >= 11 is 0. The van der Waals surface area contributed by atoms with Gasteiger partial charge in [0.05, 0.1) is 12.2 Å². The molecule has 0 aromatic carbocycles. The number of methoxy groups -OCH3 is 1. The second-order valence-electron chi connectivity index (χ2n) is 7.23. The van der Waals surface area contributed by atoms with Crippen LogP contribution in [-0.4, -0.2) is 55.5 Å². The third-order valence-corrected chi connectivity index (χ3v) is 5.14. The van der Waals surface area contributed by atoms with E-state index in [2.05, 4.69) is 25.7 Å². The van der Waals surface area contributed by atoms with Crippen molar-refractivity contribution in [1.29, 1.82) is 0 Å². The van der Waals surface area contributed by atoms with Crippen LogP contribution in [0.3, 0.4) is 0 Å². The van der Waals surface area contributed by atoms with Crippen molar-refractivity contribution in [2.75, 3.05) is 33.4 Å². The minimum atomic E-state index is -0.0772. The molecule has 2 N–H and O–H groups in total. The summed E-state index contributed by atoms with van der Waals surface area (Å²) < 4.78 is 11.3. The lowest BCUT2D eigenvalue weighted by Crippen LogP contribution is -2.63. The molecule has 0 spiro atoms. The second-order valence-corrected chi connectivity index (χ2v) is 7.23. The van der Waals surface area contributed by atoms with E-state index in [9.17, 15) is 0 Å². The topological polar surface area (TPSA) is 47.7 Å². The van der Waals surface area contributed by atoms with Crippen LogP contribution in [0.5, 0.6) is 0 Å². The van der Waals surface area contributed by atoms with Crippen molar-refractivity contribution in [2.24, 2.45) is 11.7 Å². The minimum Gasteiger partial charge on any atom is -0.383 e. The molecule has 2 rings (SSSR count). The molecule has 20 heavy (non-hydrogen) atoms. The molecule has 1 saturated heterocycles. The van der Waals surface area contributed by atoms with Crippen LogP contribution in [0.4, 0.5) is 0 Å². The van der Waals surface area contributed by atoms with Gasteiger partial charge < -0.3 is 15.2 Å². The zero-order chi connectivity index (χ0) is 14.8. The third kappa shape index (κ3) is 3.53. The highest BCUT2D eigenvalue weighted by atomic mass is 16.5. The Labute approximate surface area is 124 Å². The Bertz CT molecular complexity index is 318. The molecule has 2 atom stereocenters. The Morgan fingerprint density at radius 3 is 2.60 bits per heavy atom. The SMILES string of the molecule is COCCN(C(C)C1CC1)C1(CN)CCOC(C)(C)C1. The van der Waals surface area contributed by atoms with E-state index in [4.69, 9.17) is 15.2 Å². The van der Waals surface area contributed by atoms with E-state index in [0.717, 1.165) is 38.5 Å². The molecule has 2 aliphatic rings. The molecule has 0 aromatic heterocycles. The molecule has 4 heteroatoms. The van der Waals surface area contributed by atoms with Gasteiger partial charge in [0, 0.05) is 38.4 Å². The quantitative estimate of drug-likeness (QED) is 0.777. The minimum absolute atomic E-state index is 0.0717. The van der Waals surface area contributed by atoms with Crippen molar-refractivity contribution >= 4 is 0 Å². The Balaban J connectivity index is 2.17. The van der Waals surface area contributed by atoms with E-state index in [1.165, 1.54) is 12.8 Å². The van der Waals surface area contributed by atoms with Crippen LogP contribution in [0.1, 0.15) is 46.5 Å². The maximum atomic E-state index is 6.25. The van der Waals surface area contributed by atoms with Gasteiger partial charge in [0.25, 0.3) is 0 Å². The van der Waals surface area contributed by atoms with E-state index in [1.54, 1.807) is 7.11 Å². The van der Waals surface area contributed by atoms with E-state index in [-0.39, 0.29) is 11.1 Å². The molecule has 2 unspecified atom stereocenters. The Morgan fingerprint density at radius 2 is 2.10 bits per heavy atom. The molecule has 1 heterocycles. The highest BCUT2D eigenvalue weighted by Gasteiger charge is 2.47. The lowest BCUT2D eigenvalue weighted by atomic mass is 9.78. The molecule has 4 nitrogen and oxygen atoms in total. The summed E-state index contributed by atoms with van der Waals surface area (Å²) in [6.45, 7) is 10.0. The average Bonchev–Trinajstić information content (AvgIpc) is 3.22. The smallest absolute Gasteiger partial charge is 0.0644 e. The van der Waals surface area contributed by atoms with Gasteiger partial charge in [0.15, 0.2) is 0 Å². The van der Waals surface area contributed by atoms with Gasteiger partial charge in [-0.2, -0.15) is 0 Å². The van der Waals surface area contributed by atoms with Crippen LogP contribution < -0.4 is 5.73 Å². The maximum Gasteiger partial charge on any atom is 0.0644 e. The van der Waals surface area contributed by atoms with E-state index in [0.29, 0.717) is 12.6 Å². The Kier molecular flexibility index (Phi) is 5.11. The van der Waals surface area contributed by atoms with E-state index in [1.807, 2.05) is 0 Å². The summed E-state index contributed by atoms with van der Waals surface area (Å²) in [5, 5.41) is 0. The molecule has 1 saturated carbocycles. The fourth-order valence-corrected chi connectivity index (χ4v) is 3.88. The summed E-state index contributed by atoms with van der Waals surface area (Å²) in [5.41, 5.74) is 6.25. The number of rotatable bonds is 7. The molecule has 118 valence electrons. The first-order valence-corrected chi connectivity index (χ1v) is 8.04. The molecule has 0 amide bonds. The van der Waals surface area contributed by atoms with Crippen molar-refractivity contribution in [3.8, 4) is 0 Å². The molecule has 0 aromatic rings. The van der Waals surface area contributed by atoms with Gasteiger partial charge in [-0.15, -0.1) is 0 Å². The number of nitrogens with two attached hydrogens (primary N) is 1. The number of nitrogens with zero attached hydrogens (tertiary/aromatic N) is 1. The fourth-order valence-electron chi connectivity index (χ4n) is 3.88. The van der Waals surface area contributed by atoms with E-state index < -0.39 is 0 Å². The predicted octanol–water partition coefficient (Wildman–Crippen LogP) is 2.02. The monoisotopic (exact) mass is 284 g/mol. The molecule has 1 aliphatic heterocycles. The van der Waals surface area contributed by atoms with Gasteiger partial charge in [0.2, 0.25) is 0 Å².